The molecule has 0 saturated carbocycles. The van der Waals surface area contributed by atoms with E-state index in [-0.39, 0.29) is 52.8 Å². The normalized spacial score (nSPS) is 9.86. The molecule has 0 aliphatic rings. The van der Waals surface area contributed by atoms with E-state index >= 15 is 0 Å². The molecule has 2 heteroatoms. The summed E-state index contributed by atoms with van der Waals surface area (Å²) in [4.78, 5) is 0. The number of rotatable bonds is 10. The second-order valence-electron chi connectivity index (χ2n) is 3.91. The van der Waals surface area contributed by atoms with Crippen LogP contribution in [0.25, 0.3) is 0 Å². The molecule has 14 heavy (non-hydrogen) atoms. The van der Waals surface area contributed by atoms with Crippen LogP contribution in [0.3, 0.4) is 0 Å². The van der Waals surface area contributed by atoms with Gasteiger partial charge in [-0.15, -0.1) is 0 Å². The first-order valence-electron chi connectivity index (χ1n) is 6.02. The van der Waals surface area contributed by atoms with Crippen molar-refractivity contribution in [3.8, 4) is 0 Å². The van der Waals surface area contributed by atoms with Gasteiger partial charge in [-0.2, -0.15) is 12.6 Å². The van der Waals surface area contributed by atoms with Crippen molar-refractivity contribution in [2.45, 2.75) is 71.1 Å². The molecule has 0 aromatic heterocycles. The van der Waals surface area contributed by atoms with Crippen LogP contribution in [0.5, 0.6) is 0 Å². The van der Waals surface area contributed by atoms with Gasteiger partial charge in [-0.1, -0.05) is 64.7 Å². The fourth-order valence-corrected chi connectivity index (χ4v) is 1.82. The van der Waals surface area contributed by atoms with Gasteiger partial charge in [-0.3, -0.25) is 0 Å². The van der Waals surface area contributed by atoms with Gasteiger partial charge >= 0.3 is 51.4 Å². The van der Waals surface area contributed by atoms with Crippen molar-refractivity contribution in [3.63, 3.8) is 0 Å². The molecule has 82 valence electrons. The van der Waals surface area contributed by atoms with Crippen LogP contribution in [0, 0.1) is 0 Å². The van der Waals surface area contributed by atoms with Crippen molar-refractivity contribution >= 4 is 12.6 Å². The molecule has 0 nitrogen and oxygen atoms in total. The molecule has 0 atom stereocenters. The van der Waals surface area contributed by atoms with Gasteiger partial charge in [0.05, 0.1) is 0 Å². The number of hydrogen-bond acceptors (Lipinski definition) is 1. The number of thiol groups is 1. The molecule has 0 fully saturated rings. The van der Waals surface area contributed by atoms with Gasteiger partial charge in [0.25, 0.3) is 0 Å². The van der Waals surface area contributed by atoms with Gasteiger partial charge in [0.1, 0.15) is 0 Å². The Balaban J connectivity index is -0.000000720. The molecular formula is C12H27KS. The monoisotopic (exact) mass is 242 g/mol. The van der Waals surface area contributed by atoms with Gasteiger partial charge in [0.15, 0.2) is 0 Å². The predicted molar refractivity (Wildman–Crippen MR) is 66.8 cm³/mol. The minimum absolute atomic E-state index is 0. The zero-order chi connectivity index (χ0) is 9.78. The van der Waals surface area contributed by atoms with Gasteiger partial charge in [0, 0.05) is 0 Å². The maximum atomic E-state index is 4.20. The Bertz CT molecular complexity index is 81.7. The minimum Gasteiger partial charge on any atom is -1.00 e. The van der Waals surface area contributed by atoms with Crippen LogP contribution in [0.15, 0.2) is 0 Å². The van der Waals surface area contributed by atoms with Crippen LogP contribution in [-0.2, 0) is 0 Å². The average Bonchev–Trinajstić information content (AvgIpc) is 2.16. The second kappa shape index (κ2) is 17.4. The summed E-state index contributed by atoms with van der Waals surface area (Å²) in [7, 11) is 0. The smallest absolute Gasteiger partial charge is 1.00 e. The topological polar surface area (TPSA) is 0 Å². The number of unbranched alkanes of at least 4 members (excludes halogenated alkanes) is 9. The largest absolute Gasteiger partial charge is 1.00 e. The Hall–Kier alpha value is 1.99. The van der Waals surface area contributed by atoms with E-state index in [0.717, 1.165) is 5.75 Å². The van der Waals surface area contributed by atoms with E-state index in [4.69, 9.17) is 0 Å². The van der Waals surface area contributed by atoms with Crippen LogP contribution in [0.2, 0.25) is 0 Å². The van der Waals surface area contributed by atoms with E-state index in [1.807, 2.05) is 0 Å². The average molecular weight is 243 g/mol. The third-order valence-electron chi connectivity index (χ3n) is 2.51. The van der Waals surface area contributed by atoms with Crippen molar-refractivity contribution in [2.75, 3.05) is 5.75 Å². The molecule has 0 bridgehead atoms. The fraction of sp³-hybridized carbons (Fsp3) is 1.00. The van der Waals surface area contributed by atoms with Gasteiger partial charge in [-0.25, -0.2) is 0 Å². The fourth-order valence-electron chi connectivity index (χ4n) is 1.60. The molecule has 0 unspecified atom stereocenters. The van der Waals surface area contributed by atoms with E-state index in [2.05, 4.69) is 19.6 Å². The van der Waals surface area contributed by atoms with Crippen LogP contribution in [-0.4, -0.2) is 5.75 Å². The Morgan fingerprint density at radius 2 is 1.07 bits per heavy atom. The molecule has 0 saturated heterocycles. The van der Waals surface area contributed by atoms with Crippen molar-refractivity contribution < 1.29 is 52.8 Å². The summed E-state index contributed by atoms with van der Waals surface area (Å²) in [5.74, 6) is 1.07. The standard InChI is InChI=1S/C12H26S.K.H/c1-2-3-4-5-6-7-8-9-10-11-12-13;;/h13H,2-12H2,1H3;;/q;+1;-1. The maximum Gasteiger partial charge on any atom is 1.00 e. The Labute approximate surface area is 140 Å². The Kier molecular flexibility index (Phi) is 22.8. The Morgan fingerprint density at radius 3 is 1.43 bits per heavy atom. The zero-order valence-electron chi connectivity index (χ0n) is 11.2. The van der Waals surface area contributed by atoms with Gasteiger partial charge < -0.3 is 1.43 Å². The third-order valence-corrected chi connectivity index (χ3v) is 2.83. The van der Waals surface area contributed by atoms with Crippen molar-refractivity contribution in [2.24, 2.45) is 0 Å². The molecule has 0 spiro atoms. The summed E-state index contributed by atoms with van der Waals surface area (Å²) < 4.78 is 0. The van der Waals surface area contributed by atoms with E-state index in [0.29, 0.717) is 0 Å². The first kappa shape index (κ1) is 18.4. The summed E-state index contributed by atoms with van der Waals surface area (Å²) in [6.07, 6.45) is 14.2. The van der Waals surface area contributed by atoms with E-state index in [9.17, 15) is 0 Å². The summed E-state index contributed by atoms with van der Waals surface area (Å²) in [6, 6.07) is 0. The van der Waals surface area contributed by atoms with Crippen LogP contribution in [0.4, 0.5) is 0 Å². The van der Waals surface area contributed by atoms with Crippen LogP contribution >= 0.6 is 12.6 Å². The quantitative estimate of drug-likeness (QED) is 0.338. The molecule has 0 aromatic carbocycles. The van der Waals surface area contributed by atoms with E-state index < -0.39 is 0 Å². The maximum absolute atomic E-state index is 4.20. The van der Waals surface area contributed by atoms with Gasteiger partial charge in [0.2, 0.25) is 0 Å². The minimum atomic E-state index is 0. The van der Waals surface area contributed by atoms with Crippen molar-refractivity contribution in [3.05, 3.63) is 0 Å². The summed E-state index contributed by atoms with van der Waals surface area (Å²) in [5.41, 5.74) is 0. The molecule has 0 aliphatic carbocycles. The first-order chi connectivity index (χ1) is 6.41. The molecule has 0 rings (SSSR count). The Morgan fingerprint density at radius 1 is 0.714 bits per heavy atom. The third kappa shape index (κ3) is 16.4. The molecule has 0 amide bonds. The van der Waals surface area contributed by atoms with Crippen LogP contribution < -0.4 is 51.4 Å². The van der Waals surface area contributed by atoms with E-state index in [1.165, 1.54) is 64.2 Å². The van der Waals surface area contributed by atoms with Gasteiger partial charge in [-0.05, 0) is 12.2 Å². The number of hydrogen-bond donors (Lipinski definition) is 1. The molecule has 0 radical (unpaired) electrons. The molecule has 0 aromatic rings. The van der Waals surface area contributed by atoms with Crippen molar-refractivity contribution in [1.29, 1.82) is 0 Å². The first-order valence-corrected chi connectivity index (χ1v) is 6.66. The summed E-state index contributed by atoms with van der Waals surface area (Å²) >= 11 is 4.20. The SMILES string of the molecule is CCCCCCCCCCCCS.[H-].[K+]. The summed E-state index contributed by atoms with van der Waals surface area (Å²) in [5, 5.41) is 0. The summed E-state index contributed by atoms with van der Waals surface area (Å²) in [6.45, 7) is 2.28. The predicted octanol–water partition coefficient (Wildman–Crippen LogP) is 1.95. The second-order valence-corrected chi connectivity index (χ2v) is 4.35. The van der Waals surface area contributed by atoms with E-state index in [1.54, 1.807) is 0 Å². The molecule has 0 N–H and O–H groups in total. The molecule has 0 aliphatic heterocycles. The zero-order valence-corrected chi connectivity index (χ0v) is 14.2. The van der Waals surface area contributed by atoms with Crippen LogP contribution in [0.1, 0.15) is 72.6 Å². The van der Waals surface area contributed by atoms with Crippen molar-refractivity contribution in [1.82, 2.24) is 0 Å². The molecular weight excluding hydrogens is 215 g/mol. The molecule has 0 heterocycles.